The molecule has 0 heterocycles. The van der Waals surface area contributed by atoms with Gasteiger partial charge in [0.05, 0.1) is 0 Å². The van der Waals surface area contributed by atoms with Gasteiger partial charge in [-0.25, -0.2) is 0 Å². The highest BCUT2D eigenvalue weighted by Crippen LogP contribution is 2.49. The Morgan fingerprint density at radius 3 is 1.75 bits per heavy atom. The minimum Gasteiger partial charge on any atom is -0.327 e. The van der Waals surface area contributed by atoms with Crippen LogP contribution in [-0.2, 0) is 31.2 Å². The minimum atomic E-state index is -3.98. The third-order valence-corrected chi connectivity index (χ3v) is 5.53. The molecular formula is C2H10O6P2S2. The summed E-state index contributed by atoms with van der Waals surface area (Å²) in [6.07, 6.45) is 3.02. The molecule has 0 rings (SSSR count). The van der Waals surface area contributed by atoms with Crippen LogP contribution in [0, 0.1) is 0 Å². The van der Waals surface area contributed by atoms with Gasteiger partial charge in [0.1, 0.15) is 0 Å². The lowest BCUT2D eigenvalue weighted by molar-refractivity contribution is -0.121. The van der Waals surface area contributed by atoms with Crippen molar-refractivity contribution in [1.29, 1.82) is 0 Å². The molecule has 0 radical (unpaired) electrons. The Morgan fingerprint density at radius 2 is 1.50 bits per heavy atom. The SMILES string of the molecule is CS(C)=P(O)(O)OOP(O)(O)=S. The van der Waals surface area contributed by atoms with E-state index in [9.17, 15) is 0 Å². The molecule has 0 amide bonds. The van der Waals surface area contributed by atoms with Crippen molar-refractivity contribution in [2.24, 2.45) is 0 Å². The van der Waals surface area contributed by atoms with E-state index >= 15 is 0 Å². The van der Waals surface area contributed by atoms with Crippen LogP contribution in [0.3, 0.4) is 0 Å². The maximum atomic E-state index is 9.04. The van der Waals surface area contributed by atoms with Gasteiger partial charge < -0.3 is 19.6 Å². The molecule has 0 unspecified atom stereocenters. The molecule has 12 heavy (non-hydrogen) atoms. The van der Waals surface area contributed by atoms with Crippen LogP contribution in [0.5, 0.6) is 0 Å². The molecule has 0 bridgehead atoms. The summed E-state index contributed by atoms with van der Waals surface area (Å²) in [6.45, 7) is -7.64. The van der Waals surface area contributed by atoms with Crippen LogP contribution in [0.4, 0.5) is 0 Å². The second-order valence-corrected chi connectivity index (χ2v) is 10.8. The van der Waals surface area contributed by atoms with Crippen LogP contribution in [0.2, 0.25) is 0 Å². The average molecular weight is 256 g/mol. The van der Waals surface area contributed by atoms with Crippen molar-refractivity contribution < 1.29 is 28.9 Å². The summed E-state index contributed by atoms with van der Waals surface area (Å²) in [5.41, 5.74) is 0. The summed E-state index contributed by atoms with van der Waals surface area (Å²) in [4.78, 5) is 35.1. The fraction of sp³-hybridized carbons (Fsp3) is 1.00. The van der Waals surface area contributed by atoms with Crippen LogP contribution < -0.4 is 0 Å². The van der Waals surface area contributed by atoms with E-state index in [1.54, 1.807) is 0 Å². The van der Waals surface area contributed by atoms with Gasteiger partial charge in [-0.3, -0.25) is 0 Å². The Labute approximate surface area is 77.1 Å². The summed E-state index contributed by atoms with van der Waals surface area (Å²) in [7, 11) is -0.836. The Morgan fingerprint density at radius 1 is 1.08 bits per heavy atom. The quantitative estimate of drug-likeness (QED) is 0.312. The zero-order valence-corrected chi connectivity index (χ0v) is 9.74. The lowest BCUT2D eigenvalue weighted by Crippen LogP contribution is -1.95. The molecule has 0 saturated heterocycles. The Bertz CT molecular complexity index is 246. The van der Waals surface area contributed by atoms with Crippen molar-refractivity contribution in [3.05, 3.63) is 0 Å². The highest BCUT2D eigenvalue weighted by atomic mass is 32.5. The zero-order chi connectivity index (χ0) is 9.99. The van der Waals surface area contributed by atoms with E-state index in [-0.39, 0.29) is 0 Å². The van der Waals surface area contributed by atoms with Crippen LogP contribution in [0.15, 0.2) is 0 Å². The van der Waals surface area contributed by atoms with Crippen LogP contribution in [-0.4, -0.2) is 32.1 Å². The van der Waals surface area contributed by atoms with Gasteiger partial charge in [-0.1, -0.05) is 0 Å². The van der Waals surface area contributed by atoms with Crippen molar-refractivity contribution >= 4 is 35.3 Å². The van der Waals surface area contributed by atoms with Gasteiger partial charge in [-0.15, -0.1) is 19.4 Å². The normalized spacial score (nSPS) is 13.9. The molecule has 10 heteroatoms. The van der Waals surface area contributed by atoms with E-state index in [4.69, 9.17) is 19.6 Å². The van der Waals surface area contributed by atoms with Crippen molar-refractivity contribution in [3.8, 4) is 0 Å². The maximum Gasteiger partial charge on any atom is 0.351 e. The molecule has 0 aromatic carbocycles. The molecule has 0 fully saturated rings. The van der Waals surface area contributed by atoms with Gasteiger partial charge >= 0.3 is 13.4 Å². The lowest BCUT2D eigenvalue weighted by Gasteiger charge is -2.14. The Balaban J connectivity index is 4.32. The van der Waals surface area contributed by atoms with E-state index in [0.29, 0.717) is 0 Å². The monoisotopic (exact) mass is 256 g/mol. The summed E-state index contributed by atoms with van der Waals surface area (Å²) in [5.74, 6) is 0. The first-order chi connectivity index (χ1) is 5.15. The predicted octanol–water partition coefficient (Wildman–Crippen LogP) is -0.316. The van der Waals surface area contributed by atoms with Crippen LogP contribution >= 0.6 is 13.4 Å². The average Bonchev–Trinajstić information content (AvgIpc) is 1.82. The van der Waals surface area contributed by atoms with E-state index in [2.05, 4.69) is 21.2 Å². The smallest absolute Gasteiger partial charge is 0.327 e. The molecule has 0 aromatic heterocycles. The van der Waals surface area contributed by atoms with Crippen molar-refractivity contribution in [3.63, 3.8) is 0 Å². The summed E-state index contributed by atoms with van der Waals surface area (Å²) in [6, 6.07) is 0. The third kappa shape index (κ3) is 5.77. The summed E-state index contributed by atoms with van der Waals surface area (Å²) >= 11 is 4.01. The van der Waals surface area contributed by atoms with Gasteiger partial charge in [0, 0.05) is 0 Å². The molecule has 76 valence electrons. The van der Waals surface area contributed by atoms with Gasteiger partial charge in [0.25, 0.3) is 0 Å². The summed E-state index contributed by atoms with van der Waals surface area (Å²) in [5, 5.41) is 0. The molecule has 0 spiro atoms. The maximum absolute atomic E-state index is 9.04. The molecule has 0 atom stereocenters. The first-order valence-corrected chi connectivity index (χ1v) is 9.40. The van der Waals surface area contributed by atoms with Gasteiger partial charge in [0.2, 0.25) is 0 Å². The van der Waals surface area contributed by atoms with Gasteiger partial charge in [0.15, 0.2) is 0 Å². The molecule has 0 aromatic rings. The van der Waals surface area contributed by atoms with Crippen LogP contribution in [0.25, 0.3) is 0 Å². The predicted molar refractivity (Wildman–Crippen MR) is 51.5 cm³/mol. The summed E-state index contributed by atoms with van der Waals surface area (Å²) < 4.78 is 7.88. The fourth-order valence-electron chi connectivity index (χ4n) is 0.148. The zero-order valence-electron chi connectivity index (χ0n) is 6.32. The largest absolute Gasteiger partial charge is 0.351 e. The van der Waals surface area contributed by atoms with Crippen LogP contribution in [0.1, 0.15) is 0 Å². The highest BCUT2D eigenvalue weighted by molar-refractivity contribution is 8.27. The molecular weight excluding hydrogens is 246 g/mol. The Hall–Kier alpha value is 1.19. The van der Waals surface area contributed by atoms with Crippen molar-refractivity contribution in [2.75, 3.05) is 12.5 Å². The molecule has 6 nitrogen and oxygen atoms in total. The third-order valence-electron chi connectivity index (χ3n) is 0.703. The minimum absolute atomic E-state index is 0.836. The van der Waals surface area contributed by atoms with E-state index in [1.165, 1.54) is 12.5 Å². The molecule has 0 aliphatic rings. The van der Waals surface area contributed by atoms with E-state index in [1.807, 2.05) is 0 Å². The Kier molecular flexibility index (Phi) is 5.07. The van der Waals surface area contributed by atoms with Crippen molar-refractivity contribution in [2.45, 2.75) is 0 Å². The van der Waals surface area contributed by atoms with Crippen molar-refractivity contribution in [1.82, 2.24) is 0 Å². The first-order valence-electron chi connectivity index (χ1n) is 2.51. The van der Waals surface area contributed by atoms with E-state index in [0.717, 1.165) is 0 Å². The molecule has 0 aliphatic heterocycles. The second-order valence-electron chi connectivity index (χ2n) is 1.90. The highest BCUT2D eigenvalue weighted by Gasteiger charge is 2.19. The fourth-order valence-corrected chi connectivity index (χ4v) is 1.82. The number of hydrogen-bond donors (Lipinski definition) is 4. The molecule has 0 saturated carbocycles. The molecule has 0 aliphatic carbocycles. The molecule has 4 N–H and O–H groups in total. The van der Waals surface area contributed by atoms with E-state index < -0.39 is 23.5 Å². The first kappa shape index (κ1) is 13.2. The standard InChI is InChI=1S/C2H10O6P2S2/c1-12(2)10(5,6)8-7-9(3,4)11/h5-6H,1-2H3,(H2,3,4,11). The van der Waals surface area contributed by atoms with Gasteiger partial charge in [-0.2, -0.15) is 0 Å². The van der Waals surface area contributed by atoms with Gasteiger partial charge in [-0.05, 0) is 24.3 Å². The topological polar surface area (TPSA) is 99.4 Å². The lowest BCUT2D eigenvalue weighted by atomic mass is 11.9. The number of hydrogen-bond acceptors (Lipinski definition) is 3. The number of rotatable bonds is 3. The second kappa shape index (κ2) is 4.61.